The third kappa shape index (κ3) is 5730. The maximum absolute atomic E-state index is 8.89. The van der Waals surface area contributed by atoms with E-state index in [1.54, 1.807) is 0 Å². The molecule has 22 heavy (non-hydrogen) atoms. The minimum atomic E-state index is -1.08. The van der Waals surface area contributed by atoms with Crippen LogP contribution in [0.25, 0.3) is 0 Å². The van der Waals surface area contributed by atoms with Crippen molar-refractivity contribution in [3.05, 3.63) is 0 Å². The third-order valence-corrected chi connectivity index (χ3v) is 0. The molecule has 0 aliphatic carbocycles. The summed E-state index contributed by atoms with van der Waals surface area (Å²) in [4.78, 5) is 35.6. The fourth-order valence-electron chi connectivity index (χ4n) is 0. The predicted molar refractivity (Wildman–Crippen MR) is 57.2 cm³/mol. The van der Waals surface area contributed by atoms with Gasteiger partial charge in [0, 0.05) is 23.9 Å². The van der Waals surface area contributed by atoms with E-state index in [9.17, 15) is 0 Å². The minimum absolute atomic E-state index is 0. The summed E-state index contributed by atoms with van der Waals surface area (Å²) in [6.07, 6.45) is 0. The molecule has 12 nitrogen and oxygen atoms in total. The number of rotatable bonds is 0. The average molecular weight is 439 g/mol. The van der Waals surface area contributed by atoms with E-state index in [0.717, 1.165) is 27.7 Å². The third-order valence-electron chi connectivity index (χ3n) is 0. The zero-order valence-corrected chi connectivity index (χ0v) is 18.6. The molecule has 0 aromatic carbocycles. The molecular weight excluding hydrogens is 419 g/mol. The maximum Gasteiger partial charge on any atom is 2.00 e. The largest absolute Gasteiger partial charge is 2.00 e. The van der Waals surface area contributed by atoms with Gasteiger partial charge in [0.25, 0.3) is 0 Å². The Labute approximate surface area is 152 Å². The first-order valence-electron chi connectivity index (χ1n) is 3.63. The van der Waals surface area contributed by atoms with Gasteiger partial charge in [0.2, 0.25) is 0 Å². The fraction of sp³-hybridized carbons (Fsp3) is 0.500. The Hall–Kier alpha value is -1.03. The fourth-order valence-corrected chi connectivity index (χ4v) is 0. The quantitative estimate of drug-likeness (QED) is 0.326. The Balaban J connectivity index is -0.00000001000. The Bertz CT molecular complexity index is 169. The molecule has 8 N–H and O–H groups in total. The smallest absolute Gasteiger partial charge is 0.550 e. The molecular formula is C8H20O12Zn2. The van der Waals surface area contributed by atoms with Gasteiger partial charge in [-0.25, -0.2) is 0 Å². The van der Waals surface area contributed by atoms with Gasteiger partial charge in [-0.1, -0.05) is 0 Å². The molecule has 0 unspecified atom stereocenters. The van der Waals surface area contributed by atoms with Crippen molar-refractivity contribution >= 4 is 23.9 Å². The van der Waals surface area contributed by atoms with E-state index in [4.69, 9.17) is 39.6 Å². The number of aliphatic carboxylic acids is 4. The van der Waals surface area contributed by atoms with Crippen molar-refractivity contribution in [2.45, 2.75) is 27.7 Å². The van der Waals surface area contributed by atoms with Crippen LogP contribution in [-0.2, 0) is 58.1 Å². The van der Waals surface area contributed by atoms with Crippen LogP contribution in [0.1, 0.15) is 27.7 Å². The molecule has 0 fully saturated rings. The van der Waals surface area contributed by atoms with Crippen LogP contribution in [0.5, 0.6) is 0 Å². The van der Waals surface area contributed by atoms with Crippen molar-refractivity contribution in [2.24, 2.45) is 0 Å². The second-order valence-electron chi connectivity index (χ2n) is 1.97. The number of carbonyl (C=O) groups is 4. The second-order valence-corrected chi connectivity index (χ2v) is 1.97. The number of carbonyl (C=O) groups excluding carboxylic acids is 4. The van der Waals surface area contributed by atoms with Crippen LogP contribution in [0.2, 0.25) is 0 Å². The molecule has 0 amide bonds. The van der Waals surface area contributed by atoms with Gasteiger partial charge >= 0.3 is 39.0 Å². The summed E-state index contributed by atoms with van der Waals surface area (Å²) in [6.45, 7) is 3.89. The summed E-state index contributed by atoms with van der Waals surface area (Å²) in [7, 11) is 0. The van der Waals surface area contributed by atoms with E-state index in [2.05, 4.69) is 0 Å². The predicted octanol–water partition coefficient (Wildman–Crippen LogP) is -8.28. The van der Waals surface area contributed by atoms with Crippen molar-refractivity contribution in [1.82, 2.24) is 0 Å². The Morgan fingerprint density at radius 1 is 0.455 bits per heavy atom. The van der Waals surface area contributed by atoms with Gasteiger partial charge in [0.1, 0.15) is 0 Å². The van der Waals surface area contributed by atoms with Gasteiger partial charge in [-0.3, -0.25) is 0 Å². The molecule has 14 heteroatoms. The zero-order valence-electron chi connectivity index (χ0n) is 12.7. The number of carboxylic acid groups (broad SMARTS) is 4. The van der Waals surface area contributed by atoms with Crippen molar-refractivity contribution in [1.29, 1.82) is 0 Å². The van der Waals surface area contributed by atoms with Crippen molar-refractivity contribution in [3.63, 3.8) is 0 Å². The van der Waals surface area contributed by atoms with E-state index < -0.39 is 23.9 Å². The Morgan fingerprint density at radius 3 is 0.455 bits per heavy atom. The topological polar surface area (TPSA) is 287 Å². The summed E-state index contributed by atoms with van der Waals surface area (Å²) in [5, 5.41) is 35.6. The van der Waals surface area contributed by atoms with Gasteiger partial charge in [-0.15, -0.1) is 0 Å². The summed E-state index contributed by atoms with van der Waals surface area (Å²) < 4.78 is 0. The molecule has 0 heterocycles. The van der Waals surface area contributed by atoms with Crippen LogP contribution in [-0.4, -0.2) is 45.8 Å². The standard InChI is InChI=1S/4C2H4O2.4H2O.2Zn/c4*1-2(3)4;;;;;;/h4*1H3,(H,3,4);4*1H2;;/q;;;;;;;;2*+2/p-4. The molecule has 0 aromatic rings. The minimum Gasteiger partial charge on any atom is -0.550 e. The molecule has 0 saturated heterocycles. The normalized spacial score (nSPS) is 4.55. The number of hydrogen-bond donors (Lipinski definition) is 0. The van der Waals surface area contributed by atoms with E-state index in [0.29, 0.717) is 0 Å². The molecule has 0 saturated carbocycles. The molecule has 0 atom stereocenters. The van der Waals surface area contributed by atoms with Crippen LogP contribution in [0.3, 0.4) is 0 Å². The van der Waals surface area contributed by atoms with Gasteiger partial charge in [-0.05, 0) is 27.7 Å². The van der Waals surface area contributed by atoms with E-state index in [1.807, 2.05) is 0 Å². The monoisotopic (exact) mass is 436 g/mol. The molecule has 0 rings (SSSR count). The van der Waals surface area contributed by atoms with Crippen molar-refractivity contribution in [3.8, 4) is 0 Å². The zero-order chi connectivity index (χ0) is 14.3. The van der Waals surface area contributed by atoms with E-state index in [-0.39, 0.29) is 60.9 Å². The van der Waals surface area contributed by atoms with Gasteiger partial charge in [-0.2, -0.15) is 0 Å². The molecule has 0 aliphatic heterocycles. The second kappa shape index (κ2) is 59.7. The molecule has 0 aromatic heterocycles. The van der Waals surface area contributed by atoms with E-state index >= 15 is 0 Å². The van der Waals surface area contributed by atoms with Gasteiger partial charge in [0.05, 0.1) is 0 Å². The molecule has 128 valence electrons. The van der Waals surface area contributed by atoms with Gasteiger partial charge < -0.3 is 61.5 Å². The number of hydrogen-bond acceptors (Lipinski definition) is 8. The van der Waals surface area contributed by atoms with Crippen LogP contribution < -0.4 is 20.4 Å². The van der Waals surface area contributed by atoms with Crippen molar-refractivity contribution in [2.75, 3.05) is 0 Å². The first kappa shape index (κ1) is 69.5. The molecule has 0 radical (unpaired) electrons. The molecule has 0 spiro atoms. The average Bonchev–Trinajstić information content (AvgIpc) is 1.76. The van der Waals surface area contributed by atoms with Gasteiger partial charge in [0.15, 0.2) is 0 Å². The summed E-state index contributed by atoms with van der Waals surface area (Å²) in [5.74, 6) is -4.33. The van der Waals surface area contributed by atoms with Crippen molar-refractivity contribution < 1.29 is 100 Å². The Kier molecular flexibility index (Phi) is 189. The Morgan fingerprint density at radius 2 is 0.455 bits per heavy atom. The molecule has 0 aliphatic rings. The summed E-state index contributed by atoms with van der Waals surface area (Å²) >= 11 is 0. The van der Waals surface area contributed by atoms with Crippen LogP contribution >= 0.6 is 0 Å². The van der Waals surface area contributed by atoms with E-state index in [1.165, 1.54) is 0 Å². The first-order valence-corrected chi connectivity index (χ1v) is 3.63. The summed E-state index contributed by atoms with van der Waals surface area (Å²) in [5.41, 5.74) is 0. The van der Waals surface area contributed by atoms with Crippen LogP contribution in [0, 0.1) is 0 Å². The first-order chi connectivity index (χ1) is 6.93. The summed E-state index contributed by atoms with van der Waals surface area (Å²) in [6, 6.07) is 0. The van der Waals surface area contributed by atoms with Crippen LogP contribution in [0.15, 0.2) is 0 Å². The maximum atomic E-state index is 8.89. The SMILES string of the molecule is CC(=O)[O-].CC(=O)[O-].CC(=O)[O-].CC(=O)[O-].O.O.O.O.[Zn+2].[Zn+2]. The number of carboxylic acids is 4. The van der Waals surface area contributed by atoms with Crippen LogP contribution in [0.4, 0.5) is 0 Å². The molecule has 0 bridgehead atoms.